The number of carbonyl (C=O) groups excluding carboxylic acids is 1. The van der Waals surface area contributed by atoms with Gasteiger partial charge in [-0.1, -0.05) is 0 Å². The fourth-order valence-corrected chi connectivity index (χ4v) is 2.54. The van der Waals surface area contributed by atoms with Crippen LogP contribution < -0.4 is 15.2 Å². The Morgan fingerprint density at radius 1 is 1.39 bits per heavy atom. The molecule has 0 fully saturated rings. The zero-order valence-electron chi connectivity index (χ0n) is 9.38. The molecule has 0 radical (unpaired) electrons. The second-order valence-electron chi connectivity index (χ2n) is 3.84. The van der Waals surface area contributed by atoms with E-state index in [2.05, 4.69) is 4.98 Å². The van der Waals surface area contributed by atoms with Gasteiger partial charge in [-0.05, 0) is 18.2 Å². The number of hydrogen-bond acceptors (Lipinski definition) is 5. The number of fused-ring (bicyclic) bond motifs is 1. The third-order valence-electron chi connectivity index (χ3n) is 2.55. The number of primary amides is 1. The van der Waals surface area contributed by atoms with Gasteiger partial charge in [0.1, 0.15) is 5.01 Å². The van der Waals surface area contributed by atoms with Crippen molar-refractivity contribution in [3.8, 4) is 22.8 Å². The average molecular weight is 262 g/mol. The molecule has 2 heterocycles. The van der Waals surface area contributed by atoms with Crippen molar-refractivity contribution in [3.05, 3.63) is 28.6 Å². The standard InChI is InChI=1S/C12H10N2O3S/c13-11(15)4-12-14-8(5-18-12)7-1-2-9-10(3-7)17-6-16-9/h1-3,5H,4,6H2,(H2,13,15). The molecule has 1 aliphatic heterocycles. The van der Waals surface area contributed by atoms with Crippen LogP contribution in [0.2, 0.25) is 0 Å². The van der Waals surface area contributed by atoms with Crippen LogP contribution in [0.4, 0.5) is 0 Å². The number of aromatic nitrogens is 1. The summed E-state index contributed by atoms with van der Waals surface area (Å²) < 4.78 is 10.6. The van der Waals surface area contributed by atoms with Gasteiger partial charge in [-0.15, -0.1) is 11.3 Å². The molecule has 6 heteroatoms. The predicted octanol–water partition coefficient (Wildman–Crippen LogP) is 1.57. The summed E-state index contributed by atoms with van der Waals surface area (Å²) >= 11 is 1.42. The number of amides is 1. The van der Waals surface area contributed by atoms with Crippen LogP contribution in [0.25, 0.3) is 11.3 Å². The molecule has 1 aromatic carbocycles. The summed E-state index contributed by atoms with van der Waals surface area (Å²) in [7, 11) is 0. The molecule has 2 aromatic rings. The molecule has 0 saturated carbocycles. The van der Waals surface area contributed by atoms with E-state index in [1.54, 1.807) is 0 Å². The molecule has 2 N–H and O–H groups in total. The fraction of sp³-hybridized carbons (Fsp3) is 0.167. The fourth-order valence-electron chi connectivity index (χ4n) is 1.73. The summed E-state index contributed by atoms with van der Waals surface area (Å²) in [4.78, 5) is 15.2. The van der Waals surface area contributed by atoms with Crippen LogP contribution in [0.1, 0.15) is 5.01 Å². The summed E-state index contributed by atoms with van der Waals surface area (Å²) in [5.41, 5.74) is 6.89. The van der Waals surface area contributed by atoms with E-state index < -0.39 is 0 Å². The molecular formula is C12H10N2O3S. The minimum atomic E-state index is -0.374. The Kier molecular flexibility index (Phi) is 2.64. The van der Waals surface area contributed by atoms with E-state index in [0.29, 0.717) is 0 Å². The number of nitrogens with two attached hydrogens (primary N) is 1. The van der Waals surface area contributed by atoms with E-state index in [1.165, 1.54) is 11.3 Å². The summed E-state index contributed by atoms with van der Waals surface area (Å²) in [5.74, 6) is 1.09. The van der Waals surface area contributed by atoms with Gasteiger partial charge in [-0.25, -0.2) is 4.98 Å². The van der Waals surface area contributed by atoms with Crippen molar-refractivity contribution < 1.29 is 14.3 Å². The Bertz CT molecular complexity index is 609. The molecule has 0 saturated heterocycles. The number of thiazole rings is 1. The molecule has 3 rings (SSSR count). The van der Waals surface area contributed by atoms with E-state index in [9.17, 15) is 4.79 Å². The summed E-state index contributed by atoms with van der Waals surface area (Å²) in [6.45, 7) is 0.253. The van der Waals surface area contributed by atoms with Gasteiger partial charge >= 0.3 is 0 Å². The van der Waals surface area contributed by atoms with Gasteiger partial charge < -0.3 is 15.2 Å². The van der Waals surface area contributed by atoms with Crippen LogP contribution in [0, 0.1) is 0 Å². The van der Waals surface area contributed by atoms with Crippen LogP contribution in [-0.4, -0.2) is 17.7 Å². The van der Waals surface area contributed by atoms with Gasteiger partial charge in [0, 0.05) is 10.9 Å². The highest BCUT2D eigenvalue weighted by Gasteiger charge is 2.15. The third-order valence-corrected chi connectivity index (χ3v) is 3.39. The first-order valence-corrected chi connectivity index (χ1v) is 6.23. The normalized spacial score (nSPS) is 12.7. The average Bonchev–Trinajstić information content (AvgIpc) is 2.95. The Morgan fingerprint density at radius 3 is 3.06 bits per heavy atom. The Morgan fingerprint density at radius 2 is 2.22 bits per heavy atom. The molecule has 5 nitrogen and oxygen atoms in total. The minimum Gasteiger partial charge on any atom is -0.454 e. The highest BCUT2D eigenvalue weighted by atomic mass is 32.1. The van der Waals surface area contributed by atoms with Crippen molar-refractivity contribution in [3.63, 3.8) is 0 Å². The monoisotopic (exact) mass is 262 g/mol. The van der Waals surface area contributed by atoms with E-state index in [4.69, 9.17) is 15.2 Å². The lowest BCUT2D eigenvalue weighted by atomic mass is 10.1. The van der Waals surface area contributed by atoms with Crippen LogP contribution in [-0.2, 0) is 11.2 Å². The van der Waals surface area contributed by atoms with Gasteiger partial charge in [0.15, 0.2) is 11.5 Å². The summed E-state index contributed by atoms with van der Waals surface area (Å²) in [6.07, 6.45) is 0.176. The minimum absolute atomic E-state index is 0.176. The molecule has 18 heavy (non-hydrogen) atoms. The van der Waals surface area contributed by atoms with Crippen molar-refractivity contribution in [2.75, 3.05) is 6.79 Å². The molecule has 0 spiro atoms. The van der Waals surface area contributed by atoms with E-state index in [-0.39, 0.29) is 19.1 Å². The van der Waals surface area contributed by atoms with E-state index >= 15 is 0 Å². The molecule has 0 unspecified atom stereocenters. The number of benzene rings is 1. The molecule has 1 amide bonds. The van der Waals surface area contributed by atoms with Crippen LogP contribution in [0.5, 0.6) is 11.5 Å². The highest BCUT2D eigenvalue weighted by molar-refractivity contribution is 7.10. The first-order valence-electron chi connectivity index (χ1n) is 5.35. The Hall–Kier alpha value is -2.08. The summed E-state index contributed by atoms with van der Waals surface area (Å²) in [6, 6.07) is 5.65. The van der Waals surface area contributed by atoms with Crippen molar-refractivity contribution in [2.24, 2.45) is 5.73 Å². The lowest BCUT2D eigenvalue weighted by molar-refractivity contribution is -0.117. The number of nitrogens with zero attached hydrogens (tertiary/aromatic N) is 1. The second kappa shape index (κ2) is 4.30. The number of carbonyl (C=O) groups is 1. The second-order valence-corrected chi connectivity index (χ2v) is 4.78. The van der Waals surface area contributed by atoms with Crippen molar-refractivity contribution in [1.82, 2.24) is 4.98 Å². The zero-order valence-corrected chi connectivity index (χ0v) is 10.2. The van der Waals surface area contributed by atoms with E-state index in [1.807, 2.05) is 23.6 Å². The third kappa shape index (κ3) is 2.02. The van der Waals surface area contributed by atoms with Gasteiger partial charge in [-0.2, -0.15) is 0 Å². The van der Waals surface area contributed by atoms with Gasteiger partial charge in [-0.3, -0.25) is 4.79 Å². The topological polar surface area (TPSA) is 74.4 Å². The molecule has 92 valence electrons. The lowest BCUT2D eigenvalue weighted by Gasteiger charge is -1.99. The number of ether oxygens (including phenoxy) is 2. The molecule has 0 bridgehead atoms. The van der Waals surface area contributed by atoms with Gasteiger partial charge in [0.05, 0.1) is 12.1 Å². The number of rotatable bonds is 3. The Labute approximate surface area is 107 Å². The van der Waals surface area contributed by atoms with E-state index in [0.717, 1.165) is 27.8 Å². The maximum Gasteiger partial charge on any atom is 0.231 e. The van der Waals surface area contributed by atoms with Gasteiger partial charge in [0.2, 0.25) is 12.7 Å². The van der Waals surface area contributed by atoms with Crippen LogP contribution in [0.3, 0.4) is 0 Å². The molecule has 0 aliphatic carbocycles. The quantitative estimate of drug-likeness (QED) is 0.911. The van der Waals surface area contributed by atoms with Crippen molar-refractivity contribution in [1.29, 1.82) is 0 Å². The summed E-state index contributed by atoms with van der Waals surface area (Å²) in [5, 5.41) is 2.62. The highest BCUT2D eigenvalue weighted by Crippen LogP contribution is 2.36. The predicted molar refractivity (Wildman–Crippen MR) is 66.6 cm³/mol. The van der Waals surface area contributed by atoms with Crippen molar-refractivity contribution in [2.45, 2.75) is 6.42 Å². The van der Waals surface area contributed by atoms with Crippen LogP contribution in [0.15, 0.2) is 23.6 Å². The lowest BCUT2D eigenvalue weighted by Crippen LogP contribution is -2.13. The first-order chi connectivity index (χ1) is 8.72. The van der Waals surface area contributed by atoms with Crippen LogP contribution >= 0.6 is 11.3 Å². The maximum atomic E-state index is 10.8. The Balaban J connectivity index is 1.90. The largest absolute Gasteiger partial charge is 0.454 e. The molecule has 0 atom stereocenters. The van der Waals surface area contributed by atoms with Gasteiger partial charge in [0.25, 0.3) is 0 Å². The number of hydrogen-bond donors (Lipinski definition) is 1. The molecule has 1 aromatic heterocycles. The zero-order chi connectivity index (χ0) is 12.5. The first kappa shape index (κ1) is 11.0. The van der Waals surface area contributed by atoms with Crippen molar-refractivity contribution >= 4 is 17.2 Å². The molecular weight excluding hydrogens is 252 g/mol. The smallest absolute Gasteiger partial charge is 0.231 e. The molecule has 1 aliphatic rings. The maximum absolute atomic E-state index is 10.8. The SMILES string of the molecule is NC(=O)Cc1nc(-c2ccc3c(c2)OCO3)cs1.